The summed E-state index contributed by atoms with van der Waals surface area (Å²) in [6.45, 7) is 0.615. The van der Waals surface area contributed by atoms with Gasteiger partial charge in [0.1, 0.15) is 5.82 Å². The summed E-state index contributed by atoms with van der Waals surface area (Å²) in [4.78, 5) is 19.3. The van der Waals surface area contributed by atoms with Crippen molar-refractivity contribution in [3.05, 3.63) is 30.4 Å². The van der Waals surface area contributed by atoms with Gasteiger partial charge in [-0.25, -0.2) is 9.67 Å². The molecule has 2 aromatic heterocycles. The van der Waals surface area contributed by atoms with Crippen molar-refractivity contribution in [3.8, 4) is 11.4 Å². The van der Waals surface area contributed by atoms with Crippen molar-refractivity contribution in [2.45, 2.75) is 19.4 Å². The highest BCUT2D eigenvalue weighted by molar-refractivity contribution is 5.70. The van der Waals surface area contributed by atoms with Gasteiger partial charge in [-0.2, -0.15) is 5.10 Å². The molecule has 3 heterocycles. The number of nitrogens with zero attached hydrogens (tertiary/aromatic N) is 4. The van der Waals surface area contributed by atoms with Crippen LogP contribution in [0.3, 0.4) is 0 Å². The first-order valence-corrected chi connectivity index (χ1v) is 5.81. The maximum Gasteiger partial charge on any atom is 0.307 e. The average Bonchev–Trinajstić information content (AvgIpc) is 2.82. The number of rotatable bonds is 2. The van der Waals surface area contributed by atoms with Crippen LogP contribution in [0, 0.1) is 5.92 Å². The Morgan fingerprint density at radius 2 is 2.17 bits per heavy atom. The number of fused-ring (bicyclic) bond motifs is 1. The molecule has 18 heavy (non-hydrogen) atoms. The number of aryl methyl sites for hydroxylation is 1. The fourth-order valence-corrected chi connectivity index (χ4v) is 2.14. The first-order valence-electron chi connectivity index (χ1n) is 5.81. The minimum atomic E-state index is -0.755. The summed E-state index contributed by atoms with van der Waals surface area (Å²) in [5.74, 6) is 0.292. The van der Waals surface area contributed by atoms with Gasteiger partial charge >= 0.3 is 5.97 Å². The molecule has 1 aliphatic rings. The number of aliphatic carboxylic acids is 1. The SMILES string of the molecule is O=C(O)C1CCn2nc(-c3ccncc3)nc2C1. The zero-order valence-electron chi connectivity index (χ0n) is 9.65. The van der Waals surface area contributed by atoms with Crippen LogP contribution < -0.4 is 0 Å². The fourth-order valence-electron chi connectivity index (χ4n) is 2.14. The van der Waals surface area contributed by atoms with Crippen LogP contribution in [0.15, 0.2) is 24.5 Å². The Hall–Kier alpha value is -2.24. The van der Waals surface area contributed by atoms with E-state index >= 15 is 0 Å². The van der Waals surface area contributed by atoms with Crippen molar-refractivity contribution in [1.82, 2.24) is 19.7 Å². The summed E-state index contributed by atoms with van der Waals surface area (Å²) in [5.41, 5.74) is 0.902. The predicted octanol–water partition coefficient (Wildman–Crippen LogP) is 0.987. The number of hydrogen-bond acceptors (Lipinski definition) is 4. The Bertz CT molecular complexity index is 579. The van der Waals surface area contributed by atoms with E-state index in [-0.39, 0.29) is 5.92 Å². The number of pyridine rings is 1. The van der Waals surface area contributed by atoms with E-state index in [0.29, 0.717) is 25.2 Å². The van der Waals surface area contributed by atoms with E-state index < -0.39 is 5.97 Å². The third kappa shape index (κ3) is 1.85. The van der Waals surface area contributed by atoms with Crippen LogP contribution in [0.5, 0.6) is 0 Å². The van der Waals surface area contributed by atoms with Gasteiger partial charge in [0, 0.05) is 30.9 Å². The molecule has 0 bridgehead atoms. The topological polar surface area (TPSA) is 80.9 Å². The van der Waals surface area contributed by atoms with Gasteiger partial charge in [0.05, 0.1) is 5.92 Å². The largest absolute Gasteiger partial charge is 0.481 e. The van der Waals surface area contributed by atoms with E-state index in [1.54, 1.807) is 17.1 Å². The lowest BCUT2D eigenvalue weighted by Gasteiger charge is -2.17. The number of aromatic nitrogens is 4. The highest BCUT2D eigenvalue weighted by atomic mass is 16.4. The van der Waals surface area contributed by atoms with Crippen molar-refractivity contribution in [1.29, 1.82) is 0 Å². The molecule has 1 atom stereocenters. The number of carboxylic acids is 1. The average molecular weight is 244 g/mol. The quantitative estimate of drug-likeness (QED) is 0.851. The molecule has 0 saturated carbocycles. The molecule has 1 N–H and O–H groups in total. The molecule has 92 valence electrons. The van der Waals surface area contributed by atoms with Crippen LogP contribution in [0.2, 0.25) is 0 Å². The molecule has 6 nitrogen and oxygen atoms in total. The molecule has 0 aliphatic carbocycles. The third-order valence-corrected chi connectivity index (χ3v) is 3.15. The lowest BCUT2D eigenvalue weighted by Crippen LogP contribution is -2.26. The molecule has 0 amide bonds. The van der Waals surface area contributed by atoms with Crippen molar-refractivity contribution >= 4 is 5.97 Å². The highest BCUT2D eigenvalue weighted by Gasteiger charge is 2.26. The van der Waals surface area contributed by atoms with Gasteiger partial charge in [0.2, 0.25) is 0 Å². The van der Waals surface area contributed by atoms with Crippen molar-refractivity contribution in [2.75, 3.05) is 0 Å². The van der Waals surface area contributed by atoms with E-state index in [1.165, 1.54) is 0 Å². The maximum absolute atomic E-state index is 11.0. The van der Waals surface area contributed by atoms with Gasteiger partial charge in [-0.3, -0.25) is 9.78 Å². The lowest BCUT2D eigenvalue weighted by atomic mass is 9.98. The van der Waals surface area contributed by atoms with Gasteiger partial charge < -0.3 is 5.11 Å². The lowest BCUT2D eigenvalue weighted by molar-refractivity contribution is -0.142. The number of hydrogen-bond donors (Lipinski definition) is 1. The first-order chi connectivity index (χ1) is 8.74. The van der Waals surface area contributed by atoms with Gasteiger partial charge in [0.25, 0.3) is 0 Å². The summed E-state index contributed by atoms with van der Waals surface area (Å²) < 4.78 is 1.80. The second-order valence-electron chi connectivity index (χ2n) is 4.34. The molecule has 0 fully saturated rings. The first kappa shape index (κ1) is 10.9. The molecule has 0 aromatic carbocycles. The summed E-state index contributed by atoms with van der Waals surface area (Å²) >= 11 is 0. The predicted molar refractivity (Wildman–Crippen MR) is 62.7 cm³/mol. The van der Waals surface area contributed by atoms with Gasteiger partial charge in [0.15, 0.2) is 5.82 Å². The molecule has 6 heteroatoms. The monoisotopic (exact) mass is 244 g/mol. The molecule has 1 unspecified atom stereocenters. The highest BCUT2D eigenvalue weighted by Crippen LogP contribution is 2.22. The summed E-state index contributed by atoms with van der Waals surface area (Å²) in [6, 6.07) is 3.69. The second kappa shape index (κ2) is 4.21. The Labute approximate surface area is 103 Å². The molecular formula is C12H12N4O2. The van der Waals surface area contributed by atoms with E-state index in [9.17, 15) is 4.79 Å². The van der Waals surface area contributed by atoms with E-state index in [1.807, 2.05) is 12.1 Å². The standard InChI is InChI=1S/C12H12N4O2/c17-12(18)9-3-6-16-10(7-9)14-11(15-16)8-1-4-13-5-2-8/h1-2,4-5,9H,3,6-7H2,(H,17,18). The minimum absolute atomic E-state index is 0.341. The van der Waals surface area contributed by atoms with Crippen LogP contribution in [0.1, 0.15) is 12.2 Å². The van der Waals surface area contributed by atoms with Gasteiger partial charge in [-0.05, 0) is 18.6 Å². The molecular weight excluding hydrogens is 232 g/mol. The van der Waals surface area contributed by atoms with E-state index in [0.717, 1.165) is 11.4 Å². The summed E-state index contributed by atoms with van der Waals surface area (Å²) in [7, 11) is 0. The van der Waals surface area contributed by atoms with Gasteiger partial charge in [-0.15, -0.1) is 0 Å². The summed E-state index contributed by atoms with van der Waals surface area (Å²) in [6.07, 6.45) is 4.44. The van der Waals surface area contributed by atoms with Crippen molar-refractivity contribution < 1.29 is 9.90 Å². The zero-order valence-corrected chi connectivity index (χ0v) is 9.65. The van der Waals surface area contributed by atoms with Gasteiger partial charge in [-0.1, -0.05) is 0 Å². The molecule has 1 aliphatic heterocycles. The van der Waals surface area contributed by atoms with Crippen LogP contribution in [-0.2, 0) is 17.8 Å². The fraction of sp³-hybridized carbons (Fsp3) is 0.333. The Morgan fingerprint density at radius 3 is 2.89 bits per heavy atom. The maximum atomic E-state index is 11.0. The second-order valence-corrected chi connectivity index (χ2v) is 4.34. The van der Waals surface area contributed by atoms with Crippen LogP contribution in [0.25, 0.3) is 11.4 Å². The molecule has 2 aromatic rings. The number of carbonyl (C=O) groups is 1. The van der Waals surface area contributed by atoms with E-state index in [4.69, 9.17) is 5.11 Å². The Balaban J connectivity index is 1.92. The smallest absolute Gasteiger partial charge is 0.307 e. The molecule has 0 spiro atoms. The van der Waals surface area contributed by atoms with Crippen molar-refractivity contribution in [3.63, 3.8) is 0 Å². The van der Waals surface area contributed by atoms with E-state index in [2.05, 4.69) is 15.1 Å². The molecule has 3 rings (SSSR count). The number of carboxylic acid groups (broad SMARTS) is 1. The Morgan fingerprint density at radius 1 is 1.39 bits per heavy atom. The Kier molecular flexibility index (Phi) is 2.55. The third-order valence-electron chi connectivity index (χ3n) is 3.15. The normalized spacial score (nSPS) is 18.3. The minimum Gasteiger partial charge on any atom is -0.481 e. The molecule has 0 radical (unpaired) electrons. The van der Waals surface area contributed by atoms with Crippen LogP contribution in [0.4, 0.5) is 0 Å². The summed E-state index contributed by atoms with van der Waals surface area (Å²) in [5, 5.41) is 13.4. The zero-order chi connectivity index (χ0) is 12.5. The van der Waals surface area contributed by atoms with Crippen LogP contribution >= 0.6 is 0 Å². The molecule has 0 saturated heterocycles. The van der Waals surface area contributed by atoms with Crippen molar-refractivity contribution in [2.24, 2.45) is 5.92 Å². The van der Waals surface area contributed by atoms with Crippen LogP contribution in [-0.4, -0.2) is 30.8 Å².